The van der Waals surface area contributed by atoms with Gasteiger partial charge in [0.15, 0.2) is 6.04 Å². The molecule has 0 aromatic heterocycles. The summed E-state index contributed by atoms with van der Waals surface area (Å²) in [6.07, 6.45) is 2.30. The first kappa shape index (κ1) is 16.1. The molecule has 1 heterocycles. The zero-order valence-electron chi connectivity index (χ0n) is 14.2. The van der Waals surface area contributed by atoms with Gasteiger partial charge in [-0.05, 0) is 38.8 Å². The molecule has 23 heavy (non-hydrogen) atoms. The number of carbonyl (C=O) groups excluding carboxylic acids is 1. The Morgan fingerprint density at radius 3 is 2.70 bits per heavy atom. The number of nitrogens with one attached hydrogen (secondary N) is 2. The Hall–Kier alpha value is -1.75. The molecule has 1 aromatic carbocycles. The zero-order chi connectivity index (χ0) is 16.2. The molecule has 1 saturated carbocycles. The van der Waals surface area contributed by atoms with E-state index in [2.05, 4.69) is 29.3 Å². The summed E-state index contributed by atoms with van der Waals surface area (Å²) in [5.41, 5.74) is 1.17. The summed E-state index contributed by atoms with van der Waals surface area (Å²) in [6, 6.07) is 8.72. The highest BCUT2D eigenvalue weighted by Crippen LogP contribution is 2.27. The van der Waals surface area contributed by atoms with Crippen LogP contribution in [-0.4, -0.2) is 50.8 Å². The lowest BCUT2D eigenvalue weighted by atomic mass is 10.2. The minimum Gasteiger partial charge on any atom is -0.492 e. The van der Waals surface area contributed by atoms with Crippen molar-refractivity contribution in [3.63, 3.8) is 0 Å². The molecule has 2 N–H and O–H groups in total. The standard InChI is InChI=1S/C18H27N3O2/c1-3-23-17-7-5-4-6-16(17)21-12-10-20(11-13-21)14(2)18(22)19-15-8-9-15/h4-7,14-15H,3,8-13H2,1-2H3,(H,19,22)/p+1/t14-/m0/s1. The Morgan fingerprint density at radius 1 is 1.35 bits per heavy atom. The highest BCUT2D eigenvalue weighted by Gasteiger charge is 2.32. The maximum Gasteiger partial charge on any atom is 0.278 e. The molecule has 1 saturated heterocycles. The zero-order valence-corrected chi connectivity index (χ0v) is 14.2. The topological polar surface area (TPSA) is 46.0 Å². The first-order valence-electron chi connectivity index (χ1n) is 8.80. The van der Waals surface area contributed by atoms with Crippen molar-refractivity contribution in [2.24, 2.45) is 0 Å². The molecule has 126 valence electrons. The molecule has 2 aliphatic rings. The number of benzene rings is 1. The molecule has 1 aliphatic carbocycles. The summed E-state index contributed by atoms with van der Waals surface area (Å²) in [6.45, 7) is 8.64. The van der Waals surface area contributed by atoms with Crippen molar-refractivity contribution in [3.05, 3.63) is 24.3 Å². The van der Waals surface area contributed by atoms with Crippen molar-refractivity contribution < 1.29 is 14.4 Å². The van der Waals surface area contributed by atoms with E-state index in [0.29, 0.717) is 12.6 Å². The summed E-state index contributed by atoms with van der Waals surface area (Å²) < 4.78 is 5.74. The van der Waals surface area contributed by atoms with Gasteiger partial charge in [-0.3, -0.25) is 4.79 Å². The van der Waals surface area contributed by atoms with Crippen molar-refractivity contribution in [2.45, 2.75) is 38.8 Å². The van der Waals surface area contributed by atoms with Crippen molar-refractivity contribution in [1.82, 2.24) is 5.32 Å². The van der Waals surface area contributed by atoms with Gasteiger partial charge < -0.3 is 19.9 Å². The minimum atomic E-state index is 0.0416. The normalized spacial score (nSPS) is 20.2. The van der Waals surface area contributed by atoms with E-state index in [1.807, 2.05) is 19.1 Å². The highest BCUT2D eigenvalue weighted by atomic mass is 16.5. The second-order valence-electron chi connectivity index (χ2n) is 6.55. The number of rotatable bonds is 6. The van der Waals surface area contributed by atoms with Gasteiger partial charge in [0.05, 0.1) is 38.5 Å². The second kappa shape index (κ2) is 7.21. The van der Waals surface area contributed by atoms with Crippen LogP contribution in [0.3, 0.4) is 0 Å². The van der Waals surface area contributed by atoms with Crippen molar-refractivity contribution in [3.8, 4) is 5.75 Å². The van der Waals surface area contributed by atoms with E-state index < -0.39 is 0 Å². The summed E-state index contributed by atoms with van der Waals surface area (Å²) in [7, 11) is 0. The molecule has 0 radical (unpaired) electrons. The van der Waals surface area contributed by atoms with Crippen LogP contribution < -0.4 is 19.9 Å². The van der Waals surface area contributed by atoms with Crippen LogP contribution in [0.1, 0.15) is 26.7 Å². The fourth-order valence-corrected chi connectivity index (χ4v) is 3.20. The van der Waals surface area contributed by atoms with Crippen LogP contribution >= 0.6 is 0 Å². The predicted octanol–water partition coefficient (Wildman–Crippen LogP) is 0.457. The predicted molar refractivity (Wildman–Crippen MR) is 91.1 cm³/mol. The lowest BCUT2D eigenvalue weighted by Gasteiger charge is -2.36. The third kappa shape index (κ3) is 3.96. The monoisotopic (exact) mass is 318 g/mol. The molecule has 0 bridgehead atoms. The van der Waals surface area contributed by atoms with Crippen LogP contribution in [0.5, 0.6) is 5.75 Å². The van der Waals surface area contributed by atoms with Crippen LogP contribution in [0.2, 0.25) is 0 Å². The van der Waals surface area contributed by atoms with E-state index in [1.54, 1.807) is 0 Å². The molecule has 1 amide bonds. The number of amides is 1. The largest absolute Gasteiger partial charge is 0.492 e. The Morgan fingerprint density at radius 2 is 2.04 bits per heavy atom. The lowest BCUT2D eigenvalue weighted by molar-refractivity contribution is -0.914. The Balaban J connectivity index is 1.56. The molecule has 5 nitrogen and oxygen atoms in total. The third-order valence-corrected chi connectivity index (χ3v) is 4.84. The van der Waals surface area contributed by atoms with Gasteiger partial charge in [-0.25, -0.2) is 0 Å². The molecule has 1 aliphatic heterocycles. The first-order chi connectivity index (χ1) is 11.2. The number of anilines is 1. The van der Waals surface area contributed by atoms with E-state index in [0.717, 1.165) is 44.8 Å². The number of quaternary nitrogens is 1. The fourth-order valence-electron chi connectivity index (χ4n) is 3.20. The smallest absolute Gasteiger partial charge is 0.278 e. The fraction of sp³-hybridized carbons (Fsp3) is 0.611. The van der Waals surface area contributed by atoms with Crippen LogP contribution in [0.25, 0.3) is 0 Å². The number of para-hydroxylation sites is 2. The van der Waals surface area contributed by atoms with Gasteiger partial charge >= 0.3 is 0 Å². The van der Waals surface area contributed by atoms with Gasteiger partial charge in [0.2, 0.25) is 0 Å². The molecule has 0 unspecified atom stereocenters. The van der Waals surface area contributed by atoms with Gasteiger partial charge in [0, 0.05) is 6.04 Å². The van der Waals surface area contributed by atoms with E-state index in [9.17, 15) is 4.79 Å². The SMILES string of the molecule is CCOc1ccccc1N1CC[NH+]([C@@H](C)C(=O)NC2CC2)CC1. The van der Waals surface area contributed by atoms with Crippen LogP contribution in [-0.2, 0) is 4.79 Å². The molecule has 5 heteroatoms. The van der Waals surface area contributed by atoms with Gasteiger partial charge in [0.25, 0.3) is 5.91 Å². The lowest BCUT2D eigenvalue weighted by Crippen LogP contribution is -3.19. The number of ether oxygens (including phenoxy) is 1. The molecule has 2 fully saturated rings. The summed E-state index contributed by atoms with van der Waals surface area (Å²) in [5.74, 6) is 1.17. The quantitative estimate of drug-likeness (QED) is 0.801. The maximum absolute atomic E-state index is 12.2. The maximum atomic E-state index is 12.2. The van der Waals surface area contributed by atoms with E-state index >= 15 is 0 Å². The molecule has 3 rings (SSSR count). The van der Waals surface area contributed by atoms with Crippen LogP contribution in [0.4, 0.5) is 5.69 Å². The molecular weight excluding hydrogens is 290 g/mol. The number of carbonyl (C=O) groups is 1. The van der Waals surface area contributed by atoms with Crippen molar-refractivity contribution in [1.29, 1.82) is 0 Å². The highest BCUT2D eigenvalue weighted by molar-refractivity contribution is 5.80. The minimum absolute atomic E-state index is 0.0416. The third-order valence-electron chi connectivity index (χ3n) is 4.84. The molecular formula is C18H28N3O2+. The van der Waals surface area contributed by atoms with Crippen LogP contribution in [0, 0.1) is 0 Å². The Labute approximate surface area is 138 Å². The second-order valence-corrected chi connectivity index (χ2v) is 6.55. The van der Waals surface area contributed by atoms with Gasteiger partial charge in [-0.15, -0.1) is 0 Å². The van der Waals surface area contributed by atoms with E-state index in [-0.39, 0.29) is 11.9 Å². The van der Waals surface area contributed by atoms with Crippen molar-refractivity contribution >= 4 is 11.6 Å². The van der Waals surface area contributed by atoms with Crippen LogP contribution in [0.15, 0.2) is 24.3 Å². The number of piperazine rings is 1. The average Bonchev–Trinajstić information content (AvgIpc) is 3.39. The number of hydrogen-bond acceptors (Lipinski definition) is 3. The number of nitrogens with zero attached hydrogens (tertiary/aromatic N) is 1. The van der Waals surface area contributed by atoms with Gasteiger partial charge in [-0.2, -0.15) is 0 Å². The average molecular weight is 318 g/mol. The Kier molecular flexibility index (Phi) is 5.06. The molecule has 1 atom stereocenters. The molecule has 0 spiro atoms. The van der Waals surface area contributed by atoms with Gasteiger partial charge in [0.1, 0.15) is 5.75 Å². The summed E-state index contributed by atoms with van der Waals surface area (Å²) in [4.78, 5) is 16.0. The van der Waals surface area contributed by atoms with E-state index in [4.69, 9.17) is 4.74 Å². The summed E-state index contributed by atoms with van der Waals surface area (Å²) >= 11 is 0. The molecule has 1 aromatic rings. The first-order valence-corrected chi connectivity index (χ1v) is 8.80. The Bertz CT molecular complexity index is 537. The van der Waals surface area contributed by atoms with Crippen molar-refractivity contribution in [2.75, 3.05) is 37.7 Å². The van der Waals surface area contributed by atoms with E-state index in [1.165, 1.54) is 10.6 Å². The number of hydrogen-bond donors (Lipinski definition) is 2. The summed E-state index contributed by atoms with van der Waals surface area (Å²) in [5, 5.41) is 3.13. The van der Waals surface area contributed by atoms with Gasteiger partial charge in [-0.1, -0.05) is 12.1 Å².